The van der Waals surface area contributed by atoms with E-state index in [1.54, 1.807) is 0 Å². The molecule has 0 heterocycles. The van der Waals surface area contributed by atoms with Gasteiger partial charge >= 0.3 is 6.18 Å². The fourth-order valence-corrected chi connectivity index (χ4v) is 1.18. The first-order chi connectivity index (χ1) is 7.60. The van der Waals surface area contributed by atoms with Gasteiger partial charge in [0.2, 0.25) is 0 Å². The third kappa shape index (κ3) is 2.11. The first kappa shape index (κ1) is 13.5. The van der Waals surface area contributed by atoms with E-state index < -0.39 is 29.6 Å². The summed E-state index contributed by atoms with van der Waals surface area (Å²) in [5, 5.41) is 9.01. The molecule has 3 N–H and O–H groups in total. The lowest BCUT2D eigenvalue weighted by molar-refractivity contribution is -0.274. The second-order valence-corrected chi connectivity index (χ2v) is 3.28. The first-order valence-electron chi connectivity index (χ1n) is 4.23. The summed E-state index contributed by atoms with van der Waals surface area (Å²) in [6.45, 7) is 0. The summed E-state index contributed by atoms with van der Waals surface area (Å²) in [5.74, 6) is -0.894. The number of alkyl halides is 6. The number of halogens is 6. The number of nitrogens with two attached hydrogens (primary N) is 1. The zero-order chi connectivity index (χ0) is 13.4. The van der Waals surface area contributed by atoms with E-state index in [9.17, 15) is 26.3 Å². The van der Waals surface area contributed by atoms with Crippen LogP contribution in [0, 0.1) is 0 Å². The van der Waals surface area contributed by atoms with Gasteiger partial charge in [-0.2, -0.15) is 13.2 Å². The number of hydrogen-bond donors (Lipinski definition) is 2. The van der Waals surface area contributed by atoms with Crippen molar-refractivity contribution >= 4 is 5.69 Å². The molecule has 0 aliphatic carbocycles. The fraction of sp³-hybridized carbons (Fsp3) is 0.333. The van der Waals surface area contributed by atoms with Crippen LogP contribution < -0.4 is 5.73 Å². The number of phenolic OH excluding ortho intramolecular Hbond substituents is 1. The van der Waals surface area contributed by atoms with Crippen LogP contribution in [0.15, 0.2) is 18.2 Å². The van der Waals surface area contributed by atoms with E-state index in [-0.39, 0.29) is 11.8 Å². The van der Waals surface area contributed by atoms with Crippen molar-refractivity contribution in [3.8, 4) is 5.75 Å². The highest BCUT2D eigenvalue weighted by Gasteiger charge is 2.64. The summed E-state index contributed by atoms with van der Waals surface area (Å²) < 4.78 is 74.9. The molecule has 0 aromatic heterocycles. The van der Waals surface area contributed by atoms with Gasteiger partial charge in [0.05, 0.1) is 5.69 Å². The molecule has 1 aromatic carbocycles. The van der Waals surface area contributed by atoms with Gasteiger partial charge in [-0.1, -0.05) is 6.07 Å². The monoisotopic (exact) mass is 259 g/mol. The van der Waals surface area contributed by atoms with E-state index in [0.717, 1.165) is 0 Å². The second-order valence-electron chi connectivity index (χ2n) is 3.28. The maximum absolute atomic E-state index is 13.4. The Morgan fingerprint density at radius 3 is 2.00 bits per heavy atom. The van der Waals surface area contributed by atoms with Crippen LogP contribution >= 0.6 is 0 Å². The molecule has 1 atom stereocenters. The summed E-state index contributed by atoms with van der Waals surface area (Å²) in [6, 6.07) is 1.40. The van der Waals surface area contributed by atoms with Gasteiger partial charge in [0, 0.05) is 5.56 Å². The van der Waals surface area contributed by atoms with E-state index in [1.165, 1.54) is 0 Å². The van der Waals surface area contributed by atoms with Gasteiger partial charge in [-0.3, -0.25) is 0 Å². The molecule has 17 heavy (non-hydrogen) atoms. The normalized spacial score (nSPS) is 15.9. The Morgan fingerprint density at radius 1 is 1.12 bits per heavy atom. The molecule has 0 bridgehead atoms. The number of rotatable bonds is 2. The molecule has 0 radical (unpaired) electrons. The molecule has 0 amide bonds. The minimum atomic E-state index is -5.80. The molecule has 1 rings (SSSR count). The van der Waals surface area contributed by atoms with Crippen molar-refractivity contribution in [1.82, 2.24) is 0 Å². The molecule has 0 saturated heterocycles. The Hall–Kier alpha value is -1.60. The Labute approximate surface area is 91.7 Å². The van der Waals surface area contributed by atoms with E-state index in [1.807, 2.05) is 0 Å². The van der Waals surface area contributed by atoms with Gasteiger partial charge in [0.25, 0.3) is 12.1 Å². The Morgan fingerprint density at radius 2 is 1.65 bits per heavy atom. The summed E-state index contributed by atoms with van der Waals surface area (Å²) in [5.41, 5.74) is -1.50. The van der Waals surface area contributed by atoms with E-state index in [2.05, 4.69) is 0 Å². The second kappa shape index (κ2) is 4.01. The summed E-state index contributed by atoms with van der Waals surface area (Å²) in [4.78, 5) is 0. The predicted molar refractivity (Wildman–Crippen MR) is 47.4 cm³/mol. The van der Waals surface area contributed by atoms with Crippen molar-refractivity contribution in [2.24, 2.45) is 0 Å². The number of benzene rings is 1. The molecule has 0 aliphatic rings. The smallest absolute Gasteiger partial charge is 0.432 e. The van der Waals surface area contributed by atoms with E-state index in [4.69, 9.17) is 10.8 Å². The van der Waals surface area contributed by atoms with Crippen molar-refractivity contribution in [2.45, 2.75) is 18.3 Å². The van der Waals surface area contributed by atoms with Crippen LogP contribution in [0.4, 0.5) is 32.0 Å². The average molecular weight is 259 g/mol. The number of hydrogen-bond acceptors (Lipinski definition) is 2. The molecule has 0 saturated carbocycles. The summed E-state index contributed by atoms with van der Waals surface area (Å²) in [7, 11) is 0. The quantitative estimate of drug-likeness (QED) is 0.487. The minimum Gasteiger partial charge on any atom is -0.506 e. The number of anilines is 1. The van der Waals surface area contributed by atoms with Gasteiger partial charge < -0.3 is 10.8 Å². The maximum Gasteiger partial charge on any atom is 0.432 e. The lowest BCUT2D eigenvalue weighted by atomic mass is 9.95. The molecule has 1 unspecified atom stereocenters. The Bertz CT molecular complexity index is 418. The van der Waals surface area contributed by atoms with Crippen molar-refractivity contribution in [3.63, 3.8) is 0 Å². The zero-order valence-corrected chi connectivity index (χ0v) is 8.10. The molecule has 1 aromatic rings. The fourth-order valence-electron chi connectivity index (χ4n) is 1.18. The van der Waals surface area contributed by atoms with Gasteiger partial charge in [-0.15, -0.1) is 0 Å². The first-order valence-corrected chi connectivity index (χ1v) is 4.23. The van der Waals surface area contributed by atoms with Crippen LogP contribution in [0.3, 0.4) is 0 Å². The van der Waals surface area contributed by atoms with Crippen molar-refractivity contribution in [1.29, 1.82) is 0 Å². The molecule has 2 nitrogen and oxygen atoms in total. The highest BCUT2D eigenvalue weighted by Crippen LogP contribution is 2.47. The molecular formula is C9H7F6NO. The number of aromatic hydroxyl groups is 1. The Balaban J connectivity index is 3.39. The van der Waals surface area contributed by atoms with Crippen LogP contribution in [-0.4, -0.2) is 17.7 Å². The third-order valence-electron chi connectivity index (χ3n) is 2.16. The van der Waals surface area contributed by atoms with E-state index in [0.29, 0.717) is 12.1 Å². The van der Waals surface area contributed by atoms with Crippen LogP contribution in [0.1, 0.15) is 5.56 Å². The molecule has 96 valence electrons. The van der Waals surface area contributed by atoms with Crippen LogP contribution in [-0.2, 0) is 5.67 Å². The standard InChI is InChI=1S/C9H7F6NO/c10-7(11)8(12,9(13,14)15)4-1-2-5(16)6(17)3-4/h1-3,7,17H,16H2. The summed E-state index contributed by atoms with van der Waals surface area (Å²) in [6.07, 6.45) is -10.1. The van der Waals surface area contributed by atoms with E-state index >= 15 is 0 Å². The van der Waals surface area contributed by atoms with Gasteiger partial charge in [0.15, 0.2) is 0 Å². The molecule has 0 aliphatic heterocycles. The van der Waals surface area contributed by atoms with Gasteiger partial charge in [-0.25, -0.2) is 13.2 Å². The molecule has 8 heteroatoms. The molecular weight excluding hydrogens is 252 g/mol. The summed E-state index contributed by atoms with van der Waals surface area (Å²) >= 11 is 0. The minimum absolute atomic E-state index is 0.231. The third-order valence-corrected chi connectivity index (χ3v) is 2.16. The topological polar surface area (TPSA) is 46.2 Å². The predicted octanol–water partition coefficient (Wildman–Crippen LogP) is 2.97. The highest BCUT2D eigenvalue weighted by molar-refractivity contribution is 5.54. The average Bonchev–Trinajstić information content (AvgIpc) is 2.19. The van der Waals surface area contributed by atoms with Crippen LogP contribution in [0.5, 0.6) is 5.75 Å². The SMILES string of the molecule is Nc1ccc(C(F)(C(F)F)C(F)(F)F)cc1O. The lowest BCUT2D eigenvalue weighted by Gasteiger charge is -2.27. The lowest BCUT2D eigenvalue weighted by Crippen LogP contribution is -2.44. The van der Waals surface area contributed by atoms with Crippen molar-refractivity contribution in [2.75, 3.05) is 5.73 Å². The molecule has 0 spiro atoms. The largest absolute Gasteiger partial charge is 0.506 e. The van der Waals surface area contributed by atoms with Crippen LogP contribution in [0.25, 0.3) is 0 Å². The maximum atomic E-state index is 13.4. The number of phenols is 1. The van der Waals surface area contributed by atoms with Gasteiger partial charge in [0.1, 0.15) is 5.75 Å². The zero-order valence-electron chi connectivity index (χ0n) is 8.10. The van der Waals surface area contributed by atoms with Crippen molar-refractivity contribution in [3.05, 3.63) is 23.8 Å². The Kier molecular flexibility index (Phi) is 3.17. The molecule has 0 fully saturated rings. The number of nitrogen functional groups attached to an aromatic ring is 1. The highest BCUT2D eigenvalue weighted by atomic mass is 19.4. The van der Waals surface area contributed by atoms with Crippen molar-refractivity contribution < 1.29 is 31.4 Å². The van der Waals surface area contributed by atoms with Crippen LogP contribution in [0.2, 0.25) is 0 Å². The van der Waals surface area contributed by atoms with Gasteiger partial charge in [-0.05, 0) is 12.1 Å².